The van der Waals surface area contributed by atoms with E-state index in [1.807, 2.05) is 30.3 Å². The summed E-state index contributed by atoms with van der Waals surface area (Å²) in [7, 11) is 1.13. The van der Waals surface area contributed by atoms with Crippen molar-refractivity contribution in [3.05, 3.63) is 35.9 Å². The molecule has 2 unspecified atom stereocenters. The van der Waals surface area contributed by atoms with Crippen LogP contribution in [-0.2, 0) is 30.3 Å². The van der Waals surface area contributed by atoms with Gasteiger partial charge in [0.05, 0.1) is 7.11 Å². The molecule has 0 N–H and O–H groups in total. The van der Waals surface area contributed by atoms with E-state index in [0.717, 1.165) is 12.7 Å². The second kappa shape index (κ2) is 5.00. The largest absolute Gasteiger partial charge is 0.468 e. The van der Waals surface area contributed by atoms with Gasteiger partial charge in [0, 0.05) is 6.42 Å². The number of Topliss-reactive ketones (excluding diaryl/α,β-unsaturated/α-hetero) is 1. The first-order valence-electron chi connectivity index (χ1n) is 5.49. The van der Waals surface area contributed by atoms with Crippen molar-refractivity contribution in [2.45, 2.75) is 12.5 Å². The third-order valence-electron chi connectivity index (χ3n) is 2.80. The van der Waals surface area contributed by atoms with Crippen molar-refractivity contribution >= 4 is 17.7 Å². The highest BCUT2D eigenvalue weighted by Gasteiger charge is 2.48. The number of carbonyl (C=O) groups is 3. The first kappa shape index (κ1) is 12.3. The molecule has 1 aromatic rings. The van der Waals surface area contributed by atoms with Gasteiger partial charge in [-0.2, -0.15) is 0 Å². The van der Waals surface area contributed by atoms with Gasteiger partial charge in [-0.15, -0.1) is 0 Å². The number of ether oxygens (including phenoxy) is 2. The summed E-state index contributed by atoms with van der Waals surface area (Å²) in [5.74, 6) is -3.65. The van der Waals surface area contributed by atoms with E-state index in [9.17, 15) is 14.4 Å². The number of hydrogen-bond acceptors (Lipinski definition) is 5. The van der Waals surface area contributed by atoms with Gasteiger partial charge < -0.3 is 9.47 Å². The maximum absolute atomic E-state index is 11.9. The number of esters is 2. The van der Waals surface area contributed by atoms with Crippen LogP contribution in [0.15, 0.2) is 30.3 Å². The van der Waals surface area contributed by atoms with Gasteiger partial charge in [-0.05, 0) is 5.56 Å². The lowest BCUT2D eigenvalue weighted by Crippen LogP contribution is -2.29. The molecule has 5 heteroatoms. The Morgan fingerprint density at radius 3 is 2.56 bits per heavy atom. The Morgan fingerprint density at radius 1 is 1.28 bits per heavy atom. The van der Waals surface area contributed by atoms with Gasteiger partial charge in [0.15, 0.2) is 11.9 Å². The number of hydrogen-bond donors (Lipinski definition) is 0. The van der Waals surface area contributed by atoms with E-state index >= 15 is 0 Å². The Hall–Kier alpha value is -2.17. The SMILES string of the molecule is COC(=O)C1C(=O)OC(Cc2ccccc2)C1=O. The summed E-state index contributed by atoms with van der Waals surface area (Å²) in [5, 5.41) is 0. The van der Waals surface area contributed by atoms with Crippen molar-refractivity contribution < 1.29 is 23.9 Å². The quantitative estimate of drug-likeness (QED) is 0.576. The second-order valence-electron chi connectivity index (χ2n) is 3.97. The third kappa shape index (κ3) is 2.25. The summed E-state index contributed by atoms with van der Waals surface area (Å²) in [6.07, 6.45) is -0.622. The molecular weight excluding hydrogens is 236 g/mol. The molecule has 1 heterocycles. The van der Waals surface area contributed by atoms with Gasteiger partial charge in [0.2, 0.25) is 5.92 Å². The summed E-state index contributed by atoms with van der Waals surface area (Å²) >= 11 is 0. The minimum atomic E-state index is -1.43. The van der Waals surface area contributed by atoms with Crippen LogP contribution in [0.1, 0.15) is 5.56 Å². The number of rotatable bonds is 3. The van der Waals surface area contributed by atoms with Crippen LogP contribution in [-0.4, -0.2) is 30.9 Å². The molecule has 1 fully saturated rings. The highest BCUT2D eigenvalue weighted by molar-refractivity contribution is 6.19. The van der Waals surface area contributed by atoms with Crippen LogP contribution in [0.3, 0.4) is 0 Å². The van der Waals surface area contributed by atoms with Crippen molar-refractivity contribution in [2.75, 3.05) is 7.11 Å². The van der Waals surface area contributed by atoms with E-state index in [2.05, 4.69) is 4.74 Å². The molecule has 1 aliphatic heterocycles. The number of methoxy groups -OCH3 is 1. The maximum Gasteiger partial charge on any atom is 0.328 e. The molecule has 94 valence electrons. The Balaban J connectivity index is 2.11. The zero-order valence-corrected chi connectivity index (χ0v) is 9.79. The molecule has 0 saturated carbocycles. The lowest BCUT2D eigenvalue weighted by molar-refractivity contribution is -0.155. The zero-order valence-electron chi connectivity index (χ0n) is 9.79. The molecule has 1 aliphatic rings. The van der Waals surface area contributed by atoms with Crippen LogP contribution in [0.5, 0.6) is 0 Å². The van der Waals surface area contributed by atoms with Crippen LogP contribution in [0, 0.1) is 5.92 Å². The van der Waals surface area contributed by atoms with Crippen LogP contribution in [0.25, 0.3) is 0 Å². The lowest BCUT2D eigenvalue weighted by Gasteiger charge is -2.07. The van der Waals surface area contributed by atoms with Gasteiger partial charge in [-0.3, -0.25) is 14.4 Å². The average Bonchev–Trinajstić information content (AvgIpc) is 2.65. The van der Waals surface area contributed by atoms with Crippen LogP contribution in [0.4, 0.5) is 0 Å². The van der Waals surface area contributed by atoms with Crippen molar-refractivity contribution in [2.24, 2.45) is 5.92 Å². The standard InChI is InChI=1S/C13H12O5/c1-17-12(15)10-11(14)9(18-13(10)16)7-8-5-3-2-4-6-8/h2-6,9-10H,7H2,1H3. The average molecular weight is 248 g/mol. The first-order chi connectivity index (χ1) is 8.63. The molecule has 5 nitrogen and oxygen atoms in total. The molecule has 0 aliphatic carbocycles. The van der Waals surface area contributed by atoms with Crippen LogP contribution >= 0.6 is 0 Å². The van der Waals surface area contributed by atoms with Gasteiger partial charge in [0.1, 0.15) is 0 Å². The Kier molecular flexibility index (Phi) is 3.41. The minimum Gasteiger partial charge on any atom is -0.468 e. The van der Waals surface area contributed by atoms with Crippen molar-refractivity contribution in [1.82, 2.24) is 0 Å². The molecule has 2 rings (SSSR count). The van der Waals surface area contributed by atoms with E-state index in [4.69, 9.17) is 4.74 Å². The number of carbonyl (C=O) groups excluding carboxylic acids is 3. The second-order valence-corrected chi connectivity index (χ2v) is 3.97. The number of cyclic esters (lactones) is 1. The molecule has 0 amide bonds. The monoisotopic (exact) mass is 248 g/mol. The number of ketones is 1. The fraction of sp³-hybridized carbons (Fsp3) is 0.308. The van der Waals surface area contributed by atoms with Gasteiger partial charge in [0.25, 0.3) is 0 Å². The molecular formula is C13H12O5. The van der Waals surface area contributed by atoms with Crippen molar-refractivity contribution in [3.8, 4) is 0 Å². The Morgan fingerprint density at radius 2 is 1.94 bits per heavy atom. The molecule has 0 radical (unpaired) electrons. The van der Waals surface area contributed by atoms with E-state index < -0.39 is 29.7 Å². The molecule has 2 atom stereocenters. The molecule has 1 aromatic carbocycles. The molecule has 1 saturated heterocycles. The van der Waals surface area contributed by atoms with Gasteiger partial charge in [-0.1, -0.05) is 30.3 Å². The lowest BCUT2D eigenvalue weighted by atomic mass is 9.99. The summed E-state index contributed by atoms with van der Waals surface area (Å²) < 4.78 is 9.34. The predicted octanol–water partition coefficient (Wildman–Crippen LogP) is 0.513. The Labute approximate surface area is 104 Å². The molecule has 18 heavy (non-hydrogen) atoms. The van der Waals surface area contributed by atoms with Crippen LogP contribution in [0.2, 0.25) is 0 Å². The van der Waals surface area contributed by atoms with E-state index in [1.54, 1.807) is 0 Å². The summed E-state index contributed by atoms with van der Waals surface area (Å²) in [6.45, 7) is 0. The van der Waals surface area contributed by atoms with Gasteiger partial charge >= 0.3 is 11.9 Å². The van der Waals surface area contributed by atoms with Crippen molar-refractivity contribution in [1.29, 1.82) is 0 Å². The van der Waals surface area contributed by atoms with Crippen LogP contribution < -0.4 is 0 Å². The summed E-state index contributed by atoms with van der Waals surface area (Å²) in [6, 6.07) is 9.16. The Bertz CT molecular complexity index is 479. The topological polar surface area (TPSA) is 69.7 Å². The smallest absolute Gasteiger partial charge is 0.328 e. The third-order valence-corrected chi connectivity index (χ3v) is 2.80. The maximum atomic E-state index is 11.9. The number of benzene rings is 1. The van der Waals surface area contributed by atoms with E-state index in [0.29, 0.717) is 0 Å². The predicted molar refractivity (Wildman–Crippen MR) is 60.5 cm³/mol. The first-order valence-corrected chi connectivity index (χ1v) is 5.49. The highest BCUT2D eigenvalue weighted by Crippen LogP contribution is 2.21. The minimum absolute atomic E-state index is 0.277. The van der Waals surface area contributed by atoms with Crippen molar-refractivity contribution in [3.63, 3.8) is 0 Å². The fourth-order valence-electron chi connectivity index (χ4n) is 1.87. The van der Waals surface area contributed by atoms with E-state index in [-0.39, 0.29) is 6.42 Å². The van der Waals surface area contributed by atoms with E-state index in [1.165, 1.54) is 0 Å². The normalized spacial score (nSPS) is 22.7. The summed E-state index contributed by atoms with van der Waals surface area (Å²) in [4.78, 5) is 34.6. The summed E-state index contributed by atoms with van der Waals surface area (Å²) in [5.41, 5.74) is 0.870. The fourth-order valence-corrected chi connectivity index (χ4v) is 1.87. The highest BCUT2D eigenvalue weighted by atomic mass is 16.6. The van der Waals surface area contributed by atoms with Gasteiger partial charge in [-0.25, -0.2) is 0 Å². The molecule has 0 aromatic heterocycles. The molecule has 0 bridgehead atoms. The zero-order chi connectivity index (χ0) is 13.1. The molecule has 0 spiro atoms.